The molecule has 2 aromatic rings. The molecule has 13 heteroatoms. The largest absolute Gasteiger partial charge is 0.477 e. The van der Waals surface area contributed by atoms with Gasteiger partial charge in [-0.1, -0.05) is 17.9 Å². The lowest BCUT2D eigenvalue weighted by Crippen LogP contribution is -2.36. The van der Waals surface area contributed by atoms with Crippen LogP contribution in [0.25, 0.3) is 0 Å². The minimum Gasteiger partial charge on any atom is -0.477 e. The second-order valence-electron chi connectivity index (χ2n) is 10.8. The van der Waals surface area contributed by atoms with Gasteiger partial charge in [0, 0.05) is 19.2 Å². The summed E-state index contributed by atoms with van der Waals surface area (Å²) >= 11 is 0. The van der Waals surface area contributed by atoms with Crippen LogP contribution in [0.5, 0.6) is 5.88 Å². The molecule has 1 saturated heterocycles. The molecule has 1 aromatic heterocycles. The average molecular weight is 593 g/mol. The van der Waals surface area contributed by atoms with Crippen molar-refractivity contribution < 1.29 is 36.2 Å². The fourth-order valence-electron chi connectivity index (χ4n) is 5.00. The zero-order valence-corrected chi connectivity index (χ0v) is 23.1. The van der Waals surface area contributed by atoms with E-state index in [4.69, 9.17) is 9.84 Å². The number of aliphatic hydroxyl groups excluding tert-OH is 1. The van der Waals surface area contributed by atoms with Crippen molar-refractivity contribution in [2.45, 2.75) is 55.9 Å². The van der Waals surface area contributed by atoms with E-state index in [9.17, 15) is 26.4 Å². The van der Waals surface area contributed by atoms with E-state index in [0.717, 1.165) is 12.8 Å². The number of carbonyl (C=O) groups excluding carboxylic acids is 1. The summed E-state index contributed by atoms with van der Waals surface area (Å²) < 4.78 is 70.1. The minimum atomic E-state index is -4.36. The highest BCUT2D eigenvalue weighted by Gasteiger charge is 2.54. The SMILES string of the molecule is O=C(Nc1cccc(OCCC(F)(F)F)n1)c1ccc(NS(=O)(=O)C2(C#CCO)CC2)cc1N1CCC2(CC1)CC2. The van der Waals surface area contributed by atoms with E-state index in [0.29, 0.717) is 48.3 Å². The number of rotatable bonds is 9. The number of carbonyl (C=O) groups is 1. The highest BCUT2D eigenvalue weighted by atomic mass is 32.2. The lowest BCUT2D eigenvalue weighted by atomic mass is 9.93. The van der Waals surface area contributed by atoms with Crippen LogP contribution >= 0.6 is 0 Å². The smallest absolute Gasteiger partial charge is 0.392 e. The molecular weight excluding hydrogens is 561 g/mol. The van der Waals surface area contributed by atoms with E-state index in [1.807, 2.05) is 0 Å². The van der Waals surface area contributed by atoms with Gasteiger partial charge in [0.05, 0.1) is 30.0 Å². The topological polar surface area (TPSA) is 121 Å². The highest BCUT2D eigenvalue weighted by Crippen LogP contribution is 2.54. The number of halogens is 3. The minimum absolute atomic E-state index is 0.0545. The van der Waals surface area contributed by atoms with Crippen LogP contribution < -0.4 is 19.7 Å². The van der Waals surface area contributed by atoms with Gasteiger partial charge in [-0.3, -0.25) is 9.52 Å². The molecular formula is C28H31F3N4O5S. The average Bonchev–Trinajstić information content (AvgIpc) is 3.85. The predicted octanol–water partition coefficient (Wildman–Crippen LogP) is 4.32. The predicted molar refractivity (Wildman–Crippen MR) is 147 cm³/mol. The molecule has 0 radical (unpaired) electrons. The fraction of sp³-hybridized carbons (Fsp3) is 0.500. The maximum Gasteiger partial charge on any atom is 0.392 e. The number of nitrogens with one attached hydrogen (secondary N) is 2. The van der Waals surface area contributed by atoms with E-state index in [2.05, 4.69) is 31.8 Å². The maximum absolute atomic E-state index is 13.4. The third-order valence-corrected chi connectivity index (χ3v) is 9.87. The van der Waals surface area contributed by atoms with Gasteiger partial charge in [-0.25, -0.2) is 8.42 Å². The third-order valence-electron chi connectivity index (χ3n) is 7.83. The molecule has 2 heterocycles. The van der Waals surface area contributed by atoms with Gasteiger partial charge in [0.15, 0.2) is 4.75 Å². The van der Waals surface area contributed by atoms with Gasteiger partial charge in [-0.15, -0.1) is 0 Å². The van der Waals surface area contributed by atoms with Gasteiger partial charge >= 0.3 is 6.18 Å². The Morgan fingerprint density at radius 1 is 1.10 bits per heavy atom. The van der Waals surface area contributed by atoms with E-state index in [1.165, 1.54) is 43.2 Å². The van der Waals surface area contributed by atoms with Crippen molar-refractivity contribution in [3.63, 3.8) is 0 Å². The van der Waals surface area contributed by atoms with Crippen molar-refractivity contribution >= 4 is 33.1 Å². The molecule has 3 fully saturated rings. The number of hydrogen-bond acceptors (Lipinski definition) is 7. The summed E-state index contributed by atoms with van der Waals surface area (Å²) in [6.07, 6.45) is -0.424. The van der Waals surface area contributed by atoms with Gasteiger partial charge in [0.2, 0.25) is 15.9 Å². The van der Waals surface area contributed by atoms with Crippen LogP contribution in [-0.4, -0.2) is 61.6 Å². The molecule has 2 aliphatic carbocycles. The number of aliphatic hydroxyl groups is 1. The first-order valence-corrected chi connectivity index (χ1v) is 14.9. The van der Waals surface area contributed by atoms with E-state index >= 15 is 0 Å². The number of hydrogen-bond donors (Lipinski definition) is 3. The second-order valence-corrected chi connectivity index (χ2v) is 12.8. The number of amides is 1. The molecule has 0 bridgehead atoms. The first-order valence-electron chi connectivity index (χ1n) is 13.4. The van der Waals surface area contributed by atoms with Gasteiger partial charge in [-0.05, 0) is 68.2 Å². The quantitative estimate of drug-likeness (QED) is 0.371. The zero-order chi connectivity index (χ0) is 29.3. The number of sulfonamides is 1. The summed E-state index contributed by atoms with van der Waals surface area (Å²) in [7, 11) is -3.88. The lowest BCUT2D eigenvalue weighted by molar-refractivity contribution is -0.139. The van der Waals surface area contributed by atoms with E-state index < -0.39 is 46.5 Å². The third kappa shape index (κ3) is 6.87. The van der Waals surface area contributed by atoms with Crippen LogP contribution in [0.4, 0.5) is 30.4 Å². The number of ether oxygens (including phenoxy) is 1. The number of piperidine rings is 1. The van der Waals surface area contributed by atoms with Gasteiger partial charge in [0.1, 0.15) is 12.4 Å². The monoisotopic (exact) mass is 592 g/mol. The zero-order valence-electron chi connectivity index (χ0n) is 22.3. The molecule has 2 saturated carbocycles. The molecule has 3 aliphatic rings. The Morgan fingerprint density at radius 3 is 2.46 bits per heavy atom. The van der Waals surface area contributed by atoms with Crippen LogP contribution in [0.15, 0.2) is 36.4 Å². The van der Waals surface area contributed by atoms with Crippen LogP contribution in [-0.2, 0) is 10.0 Å². The van der Waals surface area contributed by atoms with Gasteiger partial charge < -0.3 is 20.1 Å². The number of alkyl halides is 3. The molecule has 9 nitrogen and oxygen atoms in total. The molecule has 3 N–H and O–H groups in total. The number of pyridine rings is 1. The molecule has 1 aliphatic heterocycles. The standard InChI is InChI=1S/C28H31F3N4O5S/c29-28(30,31)14-18-40-24-4-1-3-23(32-24)33-25(37)21-6-5-20(34-41(38,39)27(10-11-27)7-2-17-36)19-22(21)35-15-12-26(8-9-26)13-16-35/h1,3-6,19,34,36H,8-18H2,(H,32,33,37). The first-order chi connectivity index (χ1) is 19.4. The number of aromatic nitrogens is 1. The first kappa shape index (κ1) is 29.0. The highest BCUT2D eigenvalue weighted by molar-refractivity contribution is 7.94. The van der Waals surface area contributed by atoms with Crippen molar-refractivity contribution in [1.29, 1.82) is 0 Å². The normalized spacial score (nSPS) is 18.7. The van der Waals surface area contributed by atoms with Crippen LogP contribution in [0, 0.1) is 17.3 Å². The van der Waals surface area contributed by atoms with Crippen molar-refractivity contribution in [3.05, 3.63) is 42.0 Å². The molecule has 0 atom stereocenters. The van der Waals surface area contributed by atoms with Crippen LogP contribution in [0.3, 0.4) is 0 Å². The summed E-state index contributed by atoms with van der Waals surface area (Å²) in [6, 6.07) is 9.08. The Morgan fingerprint density at radius 2 is 1.83 bits per heavy atom. The molecule has 41 heavy (non-hydrogen) atoms. The second kappa shape index (κ2) is 11.1. The number of nitrogens with zero attached hydrogens (tertiary/aromatic N) is 2. The molecule has 1 aromatic carbocycles. The molecule has 220 valence electrons. The Hall–Kier alpha value is -3.50. The van der Waals surface area contributed by atoms with Gasteiger partial charge in [-0.2, -0.15) is 18.2 Å². The Balaban J connectivity index is 1.36. The maximum atomic E-state index is 13.4. The van der Waals surface area contributed by atoms with Crippen LogP contribution in [0.1, 0.15) is 55.3 Å². The fourth-order valence-corrected chi connectivity index (χ4v) is 6.47. The van der Waals surface area contributed by atoms with E-state index in [1.54, 1.807) is 6.07 Å². The van der Waals surface area contributed by atoms with E-state index in [-0.39, 0.29) is 11.7 Å². The van der Waals surface area contributed by atoms with Crippen molar-refractivity contribution in [3.8, 4) is 17.7 Å². The molecule has 0 unspecified atom stereocenters. The summed E-state index contributed by atoms with van der Waals surface area (Å²) in [4.78, 5) is 19.6. The Kier molecular flexibility index (Phi) is 7.82. The Labute approximate surface area is 236 Å². The summed E-state index contributed by atoms with van der Waals surface area (Å²) in [5.41, 5.74) is 1.52. The molecule has 1 spiro atoms. The van der Waals surface area contributed by atoms with Crippen molar-refractivity contribution in [2.75, 3.05) is 41.2 Å². The summed E-state index contributed by atoms with van der Waals surface area (Å²) in [5, 5.41) is 11.7. The van der Waals surface area contributed by atoms with Crippen molar-refractivity contribution in [1.82, 2.24) is 4.98 Å². The molecule has 1 amide bonds. The van der Waals surface area contributed by atoms with Gasteiger partial charge in [0.25, 0.3) is 5.91 Å². The van der Waals surface area contributed by atoms with Crippen molar-refractivity contribution in [2.24, 2.45) is 5.41 Å². The lowest BCUT2D eigenvalue weighted by Gasteiger charge is -2.35. The summed E-state index contributed by atoms with van der Waals surface area (Å²) in [5.74, 6) is 4.65. The number of anilines is 3. The Bertz CT molecular complexity index is 1470. The van der Waals surface area contributed by atoms with Crippen LogP contribution in [0.2, 0.25) is 0 Å². The summed E-state index contributed by atoms with van der Waals surface area (Å²) in [6.45, 7) is 0.393. The molecule has 5 rings (SSSR count). The number of benzene rings is 1.